The summed E-state index contributed by atoms with van der Waals surface area (Å²) in [5.41, 5.74) is 8.82. The van der Waals surface area contributed by atoms with Crippen molar-refractivity contribution in [2.75, 3.05) is 7.11 Å². The maximum atomic E-state index is 6.29. The lowest BCUT2D eigenvalue weighted by Crippen LogP contribution is -2.44. The van der Waals surface area contributed by atoms with Gasteiger partial charge in [0, 0.05) is 44.8 Å². The number of ether oxygens (including phenoxy) is 1. The van der Waals surface area contributed by atoms with Crippen molar-refractivity contribution in [3.8, 4) is 0 Å². The molecule has 1 fully saturated rings. The summed E-state index contributed by atoms with van der Waals surface area (Å²) in [6, 6.07) is 4.66. The normalized spacial score (nSPS) is 26.6. The number of aromatic nitrogens is 4. The number of hydrogen-bond donors (Lipinski definition) is 1. The molecule has 2 aromatic rings. The van der Waals surface area contributed by atoms with E-state index < -0.39 is 0 Å². The topological polar surface area (TPSA) is 94.5 Å². The molecule has 2 aromatic heterocycles. The number of fused-ring (bicyclic) bond motifs is 4. The number of hydrogen-bond acceptors (Lipinski definition) is 7. The predicted molar refractivity (Wildman–Crippen MR) is 114 cm³/mol. The van der Waals surface area contributed by atoms with E-state index in [1.54, 1.807) is 11.8 Å². The van der Waals surface area contributed by atoms with Gasteiger partial charge >= 0.3 is 0 Å². The van der Waals surface area contributed by atoms with Gasteiger partial charge in [0.2, 0.25) is 5.96 Å². The maximum Gasteiger partial charge on any atom is 0.218 e. The molecule has 3 aliphatic rings. The Morgan fingerprint density at radius 3 is 3.00 bits per heavy atom. The van der Waals surface area contributed by atoms with Crippen LogP contribution < -0.4 is 5.73 Å². The second kappa shape index (κ2) is 8.07. The number of methoxy groups -OCH3 is 1. The van der Waals surface area contributed by atoms with E-state index >= 15 is 0 Å². The van der Waals surface area contributed by atoms with Crippen molar-refractivity contribution in [3.05, 3.63) is 41.2 Å². The van der Waals surface area contributed by atoms with E-state index in [9.17, 15) is 0 Å². The van der Waals surface area contributed by atoms with Crippen LogP contribution in [0.25, 0.3) is 0 Å². The van der Waals surface area contributed by atoms with Gasteiger partial charge in [0.05, 0.1) is 17.8 Å². The molecule has 0 bridgehead atoms. The van der Waals surface area contributed by atoms with E-state index in [1.807, 2.05) is 12.3 Å². The lowest BCUT2D eigenvalue weighted by atomic mass is 9.81. The molecule has 0 saturated heterocycles. The molecule has 1 saturated carbocycles. The third-order valence-electron chi connectivity index (χ3n) is 6.87. The summed E-state index contributed by atoms with van der Waals surface area (Å²) < 4.78 is 7.47. The average Bonchev–Trinajstić information content (AvgIpc) is 3.38. The summed E-state index contributed by atoms with van der Waals surface area (Å²) in [5.74, 6) is 2.51. The number of aliphatic imine (C=N–C) groups is 1. The van der Waals surface area contributed by atoms with Crippen LogP contribution in [0.3, 0.4) is 0 Å². The van der Waals surface area contributed by atoms with Crippen LogP contribution in [-0.4, -0.2) is 55.9 Å². The molecule has 8 nitrogen and oxygen atoms in total. The Hall–Kier alpha value is -2.32. The molecule has 160 valence electrons. The van der Waals surface area contributed by atoms with Gasteiger partial charge in [-0.3, -0.25) is 9.88 Å². The zero-order valence-electron chi connectivity index (χ0n) is 17.9. The zero-order chi connectivity index (χ0) is 20.7. The third kappa shape index (κ3) is 3.41. The minimum Gasteiger partial charge on any atom is -0.379 e. The Morgan fingerprint density at radius 1 is 1.30 bits per heavy atom. The summed E-state index contributed by atoms with van der Waals surface area (Å²) in [6.07, 6.45) is 8.26. The molecule has 2 N–H and O–H groups in total. The molecule has 30 heavy (non-hydrogen) atoms. The molecule has 8 heteroatoms. The summed E-state index contributed by atoms with van der Waals surface area (Å²) in [7, 11) is 1.77. The zero-order valence-corrected chi connectivity index (χ0v) is 17.9. The molecule has 4 unspecified atom stereocenters. The average molecular weight is 410 g/mol. The number of nitrogens with zero attached hydrogens (tertiary/aromatic N) is 6. The highest BCUT2D eigenvalue weighted by Gasteiger charge is 2.41. The summed E-state index contributed by atoms with van der Waals surface area (Å²) in [5, 5.41) is 4.78. The number of rotatable bonds is 6. The van der Waals surface area contributed by atoms with Crippen molar-refractivity contribution < 1.29 is 4.74 Å². The fourth-order valence-electron chi connectivity index (χ4n) is 5.36. The second-order valence-electron chi connectivity index (χ2n) is 8.75. The van der Waals surface area contributed by atoms with Crippen molar-refractivity contribution in [2.24, 2.45) is 10.7 Å². The molecule has 0 spiro atoms. The van der Waals surface area contributed by atoms with Crippen molar-refractivity contribution in [3.63, 3.8) is 0 Å². The van der Waals surface area contributed by atoms with Crippen LogP contribution in [0.1, 0.15) is 67.9 Å². The largest absolute Gasteiger partial charge is 0.379 e. The molecular formula is C22H31N7O. The SMILES string of the molecule is CCCC(Cc1nc2n(n1)C(N)=NC1C(OC)CCCC21)N1Cc2cccnc2C1. The van der Waals surface area contributed by atoms with Crippen molar-refractivity contribution in [1.29, 1.82) is 0 Å². The van der Waals surface area contributed by atoms with Crippen LogP contribution >= 0.6 is 0 Å². The minimum atomic E-state index is 0.0545. The van der Waals surface area contributed by atoms with Gasteiger partial charge in [-0.05, 0) is 37.3 Å². The fraction of sp³-hybridized carbons (Fsp3) is 0.636. The third-order valence-corrected chi connectivity index (χ3v) is 6.87. The molecule has 0 radical (unpaired) electrons. The fourth-order valence-corrected chi connectivity index (χ4v) is 5.36. The molecule has 4 atom stereocenters. The molecule has 2 aliphatic heterocycles. The second-order valence-corrected chi connectivity index (χ2v) is 8.75. The Labute approximate surface area is 177 Å². The first-order valence-corrected chi connectivity index (χ1v) is 11.2. The van der Waals surface area contributed by atoms with Crippen LogP contribution in [0.15, 0.2) is 23.3 Å². The Kier molecular flexibility index (Phi) is 5.28. The van der Waals surface area contributed by atoms with E-state index in [-0.39, 0.29) is 18.1 Å². The van der Waals surface area contributed by atoms with Crippen molar-refractivity contribution in [2.45, 2.75) is 82.6 Å². The first-order valence-electron chi connectivity index (χ1n) is 11.2. The molecule has 0 amide bonds. The molecule has 5 rings (SSSR count). The van der Waals surface area contributed by atoms with E-state index in [2.05, 4.69) is 22.9 Å². The van der Waals surface area contributed by atoms with E-state index in [0.717, 1.165) is 63.3 Å². The highest BCUT2D eigenvalue weighted by Crippen LogP contribution is 2.38. The number of nitrogens with two attached hydrogens (primary N) is 1. The Balaban J connectivity index is 1.38. The van der Waals surface area contributed by atoms with Gasteiger partial charge in [0.15, 0.2) is 5.82 Å². The lowest BCUT2D eigenvalue weighted by molar-refractivity contribution is 0.0437. The number of pyridine rings is 1. The van der Waals surface area contributed by atoms with E-state index in [0.29, 0.717) is 12.0 Å². The van der Waals surface area contributed by atoms with Gasteiger partial charge in [-0.25, -0.2) is 9.98 Å². The summed E-state index contributed by atoms with van der Waals surface area (Å²) in [6.45, 7) is 4.09. The molecule has 1 aliphatic carbocycles. The predicted octanol–water partition coefficient (Wildman–Crippen LogP) is 2.23. The van der Waals surface area contributed by atoms with Crippen LogP contribution in [0.5, 0.6) is 0 Å². The highest BCUT2D eigenvalue weighted by atomic mass is 16.5. The first kappa shape index (κ1) is 19.6. The van der Waals surface area contributed by atoms with Crippen LogP contribution in [0, 0.1) is 0 Å². The maximum absolute atomic E-state index is 6.29. The van der Waals surface area contributed by atoms with Crippen LogP contribution in [0.2, 0.25) is 0 Å². The molecule has 4 heterocycles. The van der Waals surface area contributed by atoms with E-state index in [4.69, 9.17) is 25.5 Å². The lowest BCUT2D eigenvalue weighted by Gasteiger charge is -2.36. The minimum absolute atomic E-state index is 0.0545. The Morgan fingerprint density at radius 2 is 2.20 bits per heavy atom. The van der Waals surface area contributed by atoms with Crippen molar-refractivity contribution in [1.82, 2.24) is 24.6 Å². The van der Waals surface area contributed by atoms with Crippen LogP contribution in [0.4, 0.5) is 0 Å². The van der Waals surface area contributed by atoms with Gasteiger partial charge in [-0.15, -0.1) is 5.10 Å². The van der Waals surface area contributed by atoms with Crippen molar-refractivity contribution >= 4 is 5.96 Å². The quantitative estimate of drug-likeness (QED) is 0.786. The molecule has 0 aromatic carbocycles. The smallest absolute Gasteiger partial charge is 0.218 e. The van der Waals surface area contributed by atoms with Gasteiger partial charge in [0.25, 0.3) is 0 Å². The Bertz CT molecular complexity index is 914. The van der Waals surface area contributed by atoms with Gasteiger partial charge in [0.1, 0.15) is 5.82 Å². The van der Waals surface area contributed by atoms with Crippen LogP contribution in [-0.2, 0) is 24.2 Å². The summed E-state index contributed by atoms with van der Waals surface area (Å²) >= 11 is 0. The monoisotopic (exact) mass is 409 g/mol. The van der Waals surface area contributed by atoms with Gasteiger partial charge in [-0.2, -0.15) is 4.68 Å². The van der Waals surface area contributed by atoms with Gasteiger partial charge < -0.3 is 10.5 Å². The van der Waals surface area contributed by atoms with Gasteiger partial charge in [-0.1, -0.05) is 19.4 Å². The first-order chi connectivity index (χ1) is 14.7. The summed E-state index contributed by atoms with van der Waals surface area (Å²) in [4.78, 5) is 16.8. The molecular weight excluding hydrogens is 378 g/mol. The standard InChI is InChI=1S/C22H31N7O/c1-3-6-15(28-12-14-7-5-10-24-17(14)13-28)11-19-25-21-16-8-4-9-18(30-2)20(16)26-22(23)29(21)27-19/h5,7,10,15-16,18,20H,3-4,6,8-9,11-13H2,1-2H3,(H2,23,26). The highest BCUT2D eigenvalue weighted by molar-refractivity contribution is 5.81. The van der Waals surface area contributed by atoms with E-state index in [1.165, 1.54) is 11.3 Å².